The Morgan fingerprint density at radius 2 is 2.28 bits per heavy atom. The van der Waals surface area contributed by atoms with Gasteiger partial charge in [-0.3, -0.25) is 4.79 Å². The molecule has 0 spiro atoms. The van der Waals surface area contributed by atoms with Crippen LogP contribution in [-0.2, 0) is 4.79 Å². The Hall–Kier alpha value is -1.03. The van der Waals surface area contributed by atoms with Crippen molar-refractivity contribution in [2.24, 2.45) is 0 Å². The normalized spacial score (nSPS) is 19.4. The topological polar surface area (TPSA) is 29.5 Å². The van der Waals surface area contributed by atoms with E-state index in [-0.39, 0.29) is 10.7 Å². The average Bonchev–Trinajstić information content (AvgIpc) is 2.66. The van der Waals surface area contributed by atoms with Gasteiger partial charge in [-0.2, -0.15) is 0 Å². The zero-order valence-corrected chi connectivity index (χ0v) is 12.4. The van der Waals surface area contributed by atoms with Crippen molar-refractivity contribution in [3.05, 3.63) is 23.8 Å². The third kappa shape index (κ3) is 2.86. The van der Waals surface area contributed by atoms with Crippen LogP contribution >= 0.6 is 15.9 Å². The molecule has 1 atom stereocenters. The van der Waals surface area contributed by atoms with Crippen LogP contribution in [0.25, 0.3) is 0 Å². The number of carbonyl (C=O) groups is 1. The number of benzene rings is 1. The van der Waals surface area contributed by atoms with Crippen molar-refractivity contribution in [1.29, 1.82) is 0 Å². The van der Waals surface area contributed by atoms with Crippen LogP contribution in [0, 0.1) is 6.92 Å². The summed E-state index contributed by atoms with van der Waals surface area (Å²) >= 11 is 3.50. The molecule has 1 aromatic carbocycles. The van der Waals surface area contributed by atoms with Crippen LogP contribution in [0.3, 0.4) is 0 Å². The van der Waals surface area contributed by atoms with Crippen LogP contribution in [0.2, 0.25) is 0 Å². The number of alkyl halides is 1. The van der Waals surface area contributed by atoms with E-state index in [0.29, 0.717) is 19.6 Å². The third-order valence-electron chi connectivity index (χ3n) is 2.95. The number of nitrogens with zero attached hydrogens (tertiary/aromatic N) is 1. The van der Waals surface area contributed by atoms with E-state index in [2.05, 4.69) is 22.9 Å². The summed E-state index contributed by atoms with van der Waals surface area (Å²) in [4.78, 5) is 14.0. The Balaban J connectivity index is 2.28. The maximum atomic E-state index is 11.9. The van der Waals surface area contributed by atoms with E-state index in [1.165, 1.54) is 0 Å². The van der Waals surface area contributed by atoms with Gasteiger partial charge in [0.05, 0.1) is 12.3 Å². The number of hydrogen-bond donors (Lipinski definition) is 0. The highest BCUT2D eigenvalue weighted by molar-refractivity contribution is 9.09. The van der Waals surface area contributed by atoms with E-state index in [4.69, 9.17) is 4.74 Å². The molecule has 1 unspecified atom stereocenters. The largest absolute Gasteiger partial charge is 0.491 e. The quantitative estimate of drug-likeness (QED) is 0.799. The Labute approximate surface area is 116 Å². The van der Waals surface area contributed by atoms with Crippen molar-refractivity contribution < 1.29 is 9.53 Å². The van der Waals surface area contributed by atoms with Gasteiger partial charge in [-0.05, 0) is 31.0 Å². The number of hydrogen-bond acceptors (Lipinski definition) is 2. The predicted molar refractivity (Wildman–Crippen MR) is 76.7 cm³/mol. The minimum Gasteiger partial charge on any atom is -0.491 e. The van der Waals surface area contributed by atoms with Crippen molar-refractivity contribution >= 4 is 27.5 Å². The first kappa shape index (κ1) is 13.4. The summed E-state index contributed by atoms with van der Waals surface area (Å²) in [6, 6.07) is 5.99. The maximum absolute atomic E-state index is 11.9. The van der Waals surface area contributed by atoms with Crippen LogP contribution in [0.4, 0.5) is 5.69 Å². The molecule has 0 aliphatic carbocycles. The first-order valence-corrected chi connectivity index (χ1v) is 7.21. The fraction of sp³-hybridized carbons (Fsp3) is 0.500. The Morgan fingerprint density at radius 1 is 1.50 bits per heavy atom. The number of carbonyl (C=O) groups excluding carboxylic acids is 1. The van der Waals surface area contributed by atoms with Gasteiger partial charge in [0.25, 0.3) is 0 Å². The number of rotatable bonds is 4. The molecule has 1 amide bonds. The fourth-order valence-corrected chi connectivity index (χ4v) is 2.64. The second-order valence-corrected chi connectivity index (χ2v) is 5.92. The standard InChI is InChI=1S/C14H18BrNO2/c1-3-6-18-13-7-10(2)4-5-12(13)16-9-11(15)8-14(16)17/h4-5,7,11H,3,6,8-9H2,1-2H3. The number of ether oxygens (including phenoxy) is 1. The smallest absolute Gasteiger partial charge is 0.228 e. The molecule has 1 aromatic rings. The van der Waals surface area contributed by atoms with Crippen molar-refractivity contribution in [3.63, 3.8) is 0 Å². The number of anilines is 1. The van der Waals surface area contributed by atoms with Gasteiger partial charge >= 0.3 is 0 Å². The second kappa shape index (κ2) is 5.74. The Morgan fingerprint density at radius 3 is 2.89 bits per heavy atom. The van der Waals surface area contributed by atoms with Crippen molar-refractivity contribution in [3.8, 4) is 5.75 Å². The first-order chi connectivity index (χ1) is 8.61. The van der Waals surface area contributed by atoms with Gasteiger partial charge in [0.2, 0.25) is 5.91 Å². The highest BCUT2D eigenvalue weighted by Gasteiger charge is 2.30. The summed E-state index contributed by atoms with van der Waals surface area (Å²) in [6.45, 7) is 5.49. The van der Waals surface area contributed by atoms with Crippen molar-refractivity contribution in [2.75, 3.05) is 18.1 Å². The van der Waals surface area contributed by atoms with E-state index >= 15 is 0 Å². The zero-order valence-electron chi connectivity index (χ0n) is 10.8. The lowest BCUT2D eigenvalue weighted by molar-refractivity contribution is -0.117. The van der Waals surface area contributed by atoms with Gasteiger partial charge in [-0.1, -0.05) is 28.9 Å². The molecule has 2 rings (SSSR count). The van der Waals surface area contributed by atoms with Crippen LogP contribution < -0.4 is 9.64 Å². The fourth-order valence-electron chi connectivity index (χ4n) is 2.07. The summed E-state index contributed by atoms with van der Waals surface area (Å²) in [5.41, 5.74) is 2.04. The van der Waals surface area contributed by atoms with Crippen LogP contribution in [0.15, 0.2) is 18.2 Å². The first-order valence-electron chi connectivity index (χ1n) is 6.29. The second-order valence-electron chi connectivity index (χ2n) is 4.63. The molecule has 0 bridgehead atoms. The predicted octanol–water partition coefficient (Wildman–Crippen LogP) is 3.28. The molecule has 3 nitrogen and oxygen atoms in total. The van der Waals surface area contributed by atoms with E-state index < -0.39 is 0 Å². The molecule has 98 valence electrons. The monoisotopic (exact) mass is 311 g/mol. The van der Waals surface area contributed by atoms with Gasteiger partial charge in [0.15, 0.2) is 0 Å². The molecule has 4 heteroatoms. The van der Waals surface area contributed by atoms with Gasteiger partial charge in [-0.25, -0.2) is 0 Å². The molecule has 1 aliphatic rings. The molecule has 1 fully saturated rings. The molecule has 0 aromatic heterocycles. The average molecular weight is 312 g/mol. The lowest BCUT2D eigenvalue weighted by Gasteiger charge is -2.20. The molecule has 0 N–H and O–H groups in total. The minimum atomic E-state index is 0.155. The van der Waals surface area contributed by atoms with E-state index in [0.717, 1.165) is 23.4 Å². The van der Waals surface area contributed by atoms with E-state index in [9.17, 15) is 4.79 Å². The number of amides is 1. The number of halogens is 1. The van der Waals surface area contributed by atoms with E-state index in [1.54, 1.807) is 0 Å². The van der Waals surface area contributed by atoms with Crippen LogP contribution in [-0.4, -0.2) is 23.9 Å². The van der Waals surface area contributed by atoms with Gasteiger partial charge < -0.3 is 9.64 Å². The lowest BCUT2D eigenvalue weighted by atomic mass is 10.2. The number of aryl methyl sites for hydroxylation is 1. The molecule has 18 heavy (non-hydrogen) atoms. The van der Waals surface area contributed by atoms with Crippen molar-refractivity contribution in [2.45, 2.75) is 31.5 Å². The molecule has 0 saturated carbocycles. The van der Waals surface area contributed by atoms with Crippen molar-refractivity contribution in [1.82, 2.24) is 0 Å². The summed E-state index contributed by atoms with van der Waals surface area (Å²) in [6.07, 6.45) is 1.52. The highest BCUT2D eigenvalue weighted by atomic mass is 79.9. The summed E-state index contributed by atoms with van der Waals surface area (Å²) in [5.74, 6) is 0.967. The summed E-state index contributed by atoms with van der Waals surface area (Å²) in [5, 5.41) is 0. The van der Waals surface area contributed by atoms with Crippen LogP contribution in [0.1, 0.15) is 25.3 Å². The molecule has 1 saturated heterocycles. The van der Waals surface area contributed by atoms with Gasteiger partial charge in [0.1, 0.15) is 5.75 Å². The zero-order chi connectivity index (χ0) is 13.1. The van der Waals surface area contributed by atoms with Gasteiger partial charge in [-0.15, -0.1) is 0 Å². The van der Waals surface area contributed by atoms with Gasteiger partial charge in [0, 0.05) is 17.8 Å². The SMILES string of the molecule is CCCOc1cc(C)ccc1N1CC(Br)CC1=O. The molecular formula is C14H18BrNO2. The maximum Gasteiger partial charge on any atom is 0.228 e. The minimum absolute atomic E-state index is 0.155. The third-order valence-corrected chi connectivity index (χ3v) is 3.56. The highest BCUT2D eigenvalue weighted by Crippen LogP contribution is 2.34. The molecule has 1 aliphatic heterocycles. The van der Waals surface area contributed by atoms with Crippen LogP contribution in [0.5, 0.6) is 5.75 Å². The lowest BCUT2D eigenvalue weighted by Crippen LogP contribution is -2.25. The van der Waals surface area contributed by atoms with E-state index in [1.807, 2.05) is 30.0 Å². The molecular weight excluding hydrogens is 294 g/mol. The Kier molecular flexibility index (Phi) is 4.27. The summed E-state index contributed by atoms with van der Waals surface area (Å²) < 4.78 is 5.75. The summed E-state index contributed by atoms with van der Waals surface area (Å²) in [7, 11) is 0. The Bertz CT molecular complexity index is 447. The molecule has 0 radical (unpaired) electrons. The molecule has 1 heterocycles.